The zero-order valence-electron chi connectivity index (χ0n) is 16.0. The van der Waals surface area contributed by atoms with Gasteiger partial charge in [0.1, 0.15) is 6.10 Å². The number of methoxy groups -OCH3 is 1. The van der Waals surface area contributed by atoms with Crippen LogP contribution in [0.3, 0.4) is 0 Å². The Balaban J connectivity index is 1.57. The quantitative estimate of drug-likeness (QED) is 0.583. The third-order valence-corrected chi connectivity index (χ3v) is 8.21. The van der Waals surface area contributed by atoms with Crippen molar-refractivity contribution in [2.45, 2.75) is 63.8 Å². The lowest BCUT2D eigenvalue weighted by Gasteiger charge is -2.56. The van der Waals surface area contributed by atoms with Gasteiger partial charge in [-0.15, -0.1) is 0 Å². The molecular weight excluding hydrogens is 348 g/mol. The van der Waals surface area contributed by atoms with E-state index in [0.717, 1.165) is 31.2 Å². The first kappa shape index (κ1) is 17.3. The number of epoxide rings is 1. The minimum absolute atomic E-state index is 0.0380. The fourth-order valence-electron chi connectivity index (χ4n) is 6.72. The van der Waals surface area contributed by atoms with E-state index in [1.807, 2.05) is 6.07 Å². The predicted octanol–water partition coefficient (Wildman–Crippen LogP) is 3.41. The highest BCUT2D eigenvalue weighted by molar-refractivity contribution is 5.86. The summed E-state index contributed by atoms with van der Waals surface area (Å²) >= 11 is 0. The molecule has 2 aliphatic carbocycles. The average molecular weight is 374 g/mol. The van der Waals surface area contributed by atoms with Crippen LogP contribution in [0.2, 0.25) is 0 Å². The highest BCUT2D eigenvalue weighted by Gasteiger charge is 2.81. The second-order valence-corrected chi connectivity index (χ2v) is 9.02. The van der Waals surface area contributed by atoms with Crippen molar-refractivity contribution in [3.63, 3.8) is 0 Å². The lowest BCUT2D eigenvalue weighted by molar-refractivity contribution is -0.177. The molecule has 0 bridgehead atoms. The van der Waals surface area contributed by atoms with Gasteiger partial charge < -0.3 is 18.6 Å². The van der Waals surface area contributed by atoms with Crippen molar-refractivity contribution in [2.24, 2.45) is 22.7 Å². The average Bonchev–Trinajstić information content (AvgIpc) is 3.01. The Hall–Kier alpha value is -1.82. The van der Waals surface area contributed by atoms with Gasteiger partial charge in [0.2, 0.25) is 0 Å². The van der Waals surface area contributed by atoms with Crippen LogP contribution < -0.4 is 0 Å². The number of hydrogen-bond acceptors (Lipinski definition) is 6. The van der Waals surface area contributed by atoms with Crippen molar-refractivity contribution in [3.8, 4) is 0 Å². The molecule has 0 radical (unpaired) electrons. The summed E-state index contributed by atoms with van der Waals surface area (Å²) in [6.07, 6.45) is 6.91. The molecule has 27 heavy (non-hydrogen) atoms. The number of carbonyl (C=O) groups is 2. The Morgan fingerprint density at radius 1 is 1.30 bits per heavy atom. The summed E-state index contributed by atoms with van der Waals surface area (Å²) in [6.45, 7) is 4.28. The third kappa shape index (κ3) is 1.90. The van der Waals surface area contributed by atoms with Gasteiger partial charge in [-0.05, 0) is 43.6 Å². The fourth-order valence-corrected chi connectivity index (χ4v) is 6.72. The molecule has 2 saturated carbocycles. The van der Waals surface area contributed by atoms with E-state index in [4.69, 9.17) is 18.6 Å². The standard InChI is InChI=1S/C21H26O6/c1-12-6-8-19(2)15(4-5-16-21(19,27-16)18(23)24-3)20(12)10-14(26-17(20)22)13-7-9-25-11-13/h7,9,11-12,14-16H,4-6,8,10H2,1-3H3. The summed E-state index contributed by atoms with van der Waals surface area (Å²) in [4.78, 5) is 26.1. The van der Waals surface area contributed by atoms with Crippen molar-refractivity contribution < 1.29 is 28.2 Å². The van der Waals surface area contributed by atoms with Gasteiger partial charge in [0, 0.05) is 17.4 Å². The molecule has 2 saturated heterocycles. The molecule has 0 amide bonds. The molecule has 7 atom stereocenters. The van der Waals surface area contributed by atoms with Crippen LogP contribution in [0, 0.1) is 22.7 Å². The van der Waals surface area contributed by atoms with Crippen molar-refractivity contribution in [3.05, 3.63) is 24.2 Å². The number of cyclic esters (lactones) is 1. The summed E-state index contributed by atoms with van der Waals surface area (Å²) in [7, 11) is 1.42. The van der Waals surface area contributed by atoms with E-state index in [1.54, 1.807) is 12.5 Å². The van der Waals surface area contributed by atoms with Gasteiger partial charge in [0.15, 0.2) is 5.60 Å². The summed E-state index contributed by atoms with van der Waals surface area (Å²) in [5, 5.41) is 0. The smallest absolute Gasteiger partial charge is 0.341 e. The van der Waals surface area contributed by atoms with Crippen LogP contribution in [-0.4, -0.2) is 30.8 Å². The molecule has 1 aromatic rings. The summed E-state index contributed by atoms with van der Waals surface area (Å²) in [6, 6.07) is 1.86. The van der Waals surface area contributed by atoms with Gasteiger partial charge in [-0.2, -0.15) is 0 Å². The first-order valence-electron chi connectivity index (χ1n) is 9.89. The number of hydrogen-bond donors (Lipinski definition) is 0. The number of furan rings is 1. The monoisotopic (exact) mass is 374 g/mol. The number of esters is 2. The van der Waals surface area contributed by atoms with Gasteiger partial charge in [0.25, 0.3) is 0 Å². The molecule has 1 spiro atoms. The van der Waals surface area contributed by atoms with Crippen LogP contribution in [-0.2, 0) is 23.8 Å². The highest BCUT2D eigenvalue weighted by Crippen LogP contribution is 2.72. The Morgan fingerprint density at radius 3 is 2.81 bits per heavy atom. The molecule has 4 fully saturated rings. The minimum Gasteiger partial charge on any atom is -0.472 e. The molecule has 4 aliphatic rings. The van der Waals surface area contributed by atoms with E-state index in [9.17, 15) is 9.59 Å². The molecule has 6 nitrogen and oxygen atoms in total. The van der Waals surface area contributed by atoms with Crippen LogP contribution in [0.1, 0.15) is 57.6 Å². The Labute approximate surface area is 158 Å². The summed E-state index contributed by atoms with van der Waals surface area (Å²) in [5.74, 6) is -0.181. The first-order valence-corrected chi connectivity index (χ1v) is 9.89. The topological polar surface area (TPSA) is 78.3 Å². The van der Waals surface area contributed by atoms with Gasteiger partial charge in [0.05, 0.1) is 31.2 Å². The number of ether oxygens (including phenoxy) is 3. The van der Waals surface area contributed by atoms with E-state index >= 15 is 0 Å². The van der Waals surface area contributed by atoms with Crippen LogP contribution in [0.25, 0.3) is 0 Å². The van der Waals surface area contributed by atoms with E-state index in [2.05, 4.69) is 13.8 Å². The van der Waals surface area contributed by atoms with Crippen molar-refractivity contribution in [1.82, 2.24) is 0 Å². The fraction of sp³-hybridized carbons (Fsp3) is 0.714. The highest BCUT2D eigenvalue weighted by atomic mass is 16.7. The maximum absolute atomic E-state index is 13.3. The van der Waals surface area contributed by atoms with Gasteiger partial charge >= 0.3 is 11.9 Å². The third-order valence-electron chi connectivity index (χ3n) is 8.21. The van der Waals surface area contributed by atoms with Gasteiger partial charge in [-0.3, -0.25) is 4.79 Å². The van der Waals surface area contributed by atoms with Crippen molar-refractivity contribution >= 4 is 11.9 Å². The van der Waals surface area contributed by atoms with Crippen LogP contribution in [0.5, 0.6) is 0 Å². The zero-order valence-corrected chi connectivity index (χ0v) is 16.0. The second kappa shape index (κ2) is 5.37. The minimum atomic E-state index is -0.897. The molecule has 0 N–H and O–H groups in total. The Morgan fingerprint density at radius 2 is 2.11 bits per heavy atom. The SMILES string of the molecule is COC(=O)C12OC1CCC1C3(CC(c4ccoc4)OC3=O)C(C)CCC12C. The van der Waals surface area contributed by atoms with Crippen LogP contribution >= 0.6 is 0 Å². The lowest BCUT2D eigenvalue weighted by atomic mass is 9.44. The molecule has 1 aromatic heterocycles. The molecule has 3 heterocycles. The lowest BCUT2D eigenvalue weighted by Crippen LogP contribution is -2.61. The summed E-state index contributed by atoms with van der Waals surface area (Å²) in [5.41, 5.74) is -1.00. The normalized spacial score (nSPS) is 47.9. The maximum atomic E-state index is 13.3. The molecule has 146 valence electrons. The molecule has 5 rings (SSSR count). The first-order chi connectivity index (χ1) is 12.9. The maximum Gasteiger partial charge on any atom is 0.341 e. The second-order valence-electron chi connectivity index (χ2n) is 9.02. The summed E-state index contributed by atoms with van der Waals surface area (Å²) < 4.78 is 22.2. The molecule has 6 heteroatoms. The Bertz CT molecular complexity index is 787. The molecule has 0 aromatic carbocycles. The van der Waals surface area contributed by atoms with Crippen LogP contribution in [0.4, 0.5) is 0 Å². The van der Waals surface area contributed by atoms with E-state index in [-0.39, 0.29) is 36.0 Å². The predicted molar refractivity (Wildman–Crippen MR) is 93.4 cm³/mol. The van der Waals surface area contributed by atoms with Gasteiger partial charge in [-0.25, -0.2) is 4.79 Å². The number of fused-ring (bicyclic) bond motifs is 4. The van der Waals surface area contributed by atoms with Crippen molar-refractivity contribution in [1.29, 1.82) is 0 Å². The molecule has 2 aliphatic heterocycles. The molecule has 7 unspecified atom stereocenters. The van der Waals surface area contributed by atoms with Gasteiger partial charge in [-0.1, -0.05) is 13.8 Å². The van der Waals surface area contributed by atoms with Crippen molar-refractivity contribution in [2.75, 3.05) is 7.11 Å². The van der Waals surface area contributed by atoms with E-state index in [0.29, 0.717) is 6.42 Å². The molecular formula is C21H26O6. The zero-order chi connectivity index (χ0) is 19.0. The van der Waals surface area contributed by atoms with Crippen LogP contribution in [0.15, 0.2) is 23.0 Å². The number of rotatable bonds is 2. The van der Waals surface area contributed by atoms with E-state index in [1.165, 1.54) is 7.11 Å². The largest absolute Gasteiger partial charge is 0.472 e. The number of carbonyl (C=O) groups excluding carboxylic acids is 2. The Kier molecular flexibility index (Phi) is 3.44. The van der Waals surface area contributed by atoms with E-state index < -0.39 is 16.4 Å².